The summed E-state index contributed by atoms with van der Waals surface area (Å²) in [7, 11) is 1.42. The van der Waals surface area contributed by atoms with E-state index in [-0.39, 0.29) is 22.1 Å². The fourth-order valence-electron chi connectivity index (χ4n) is 4.08. The number of hydrogen-bond acceptors (Lipinski definition) is 5. The van der Waals surface area contributed by atoms with Crippen molar-refractivity contribution in [2.45, 2.75) is 102 Å². The minimum absolute atomic E-state index is 0.0317. The maximum atomic E-state index is 13.2. The third kappa shape index (κ3) is 11.2. The van der Waals surface area contributed by atoms with Gasteiger partial charge in [-0.25, -0.2) is 0 Å². The van der Waals surface area contributed by atoms with Gasteiger partial charge in [0.2, 0.25) is 0 Å². The van der Waals surface area contributed by atoms with Crippen LogP contribution >= 0.6 is 34.7 Å². The molecule has 1 rings (SSSR count). The topological polar surface area (TPSA) is 54.4 Å². The predicted octanol–water partition coefficient (Wildman–Crippen LogP) is 7.63. The number of hydrogen-bond donors (Lipinski definition) is 3. The van der Waals surface area contributed by atoms with Crippen molar-refractivity contribution in [2.75, 3.05) is 0 Å². The summed E-state index contributed by atoms with van der Waals surface area (Å²) in [6.07, 6.45) is 10.6. The van der Waals surface area contributed by atoms with Gasteiger partial charge in [-0.3, -0.25) is 9.59 Å². The molecule has 0 amide bonds. The van der Waals surface area contributed by atoms with Crippen molar-refractivity contribution in [1.82, 2.24) is 0 Å². The van der Waals surface area contributed by atoms with Gasteiger partial charge in [0, 0.05) is 11.1 Å². The lowest BCUT2D eigenvalue weighted by molar-refractivity contribution is 0.0947. The molecule has 1 aromatic rings. The molecule has 1 aromatic carbocycles. The van der Waals surface area contributed by atoms with Crippen LogP contribution in [-0.4, -0.2) is 27.0 Å². The highest BCUT2D eigenvalue weighted by Gasteiger charge is 2.27. The molecule has 5 atom stereocenters. The van der Waals surface area contributed by atoms with Crippen molar-refractivity contribution in [2.24, 2.45) is 11.8 Å². The molecule has 5 unspecified atom stereocenters. The molecule has 0 fully saturated rings. The van der Waals surface area contributed by atoms with Crippen LogP contribution in [0.15, 0.2) is 24.3 Å². The van der Waals surface area contributed by atoms with E-state index in [1.807, 2.05) is 12.1 Å². The molecule has 32 heavy (non-hydrogen) atoms. The van der Waals surface area contributed by atoms with Gasteiger partial charge in [-0.05, 0) is 34.1 Å². The largest absolute Gasteiger partial charge is 0.380 e. The van der Waals surface area contributed by atoms with Crippen molar-refractivity contribution in [3.05, 3.63) is 35.4 Å². The van der Waals surface area contributed by atoms with Crippen molar-refractivity contribution in [3.63, 3.8) is 0 Å². The Kier molecular flexibility index (Phi) is 18.8. The number of rotatable bonds is 16. The zero-order valence-corrected chi connectivity index (χ0v) is 23.4. The maximum Gasteiger partial charge on any atom is 0.176 e. The van der Waals surface area contributed by atoms with Crippen LogP contribution in [0.4, 0.5) is 0 Å². The van der Waals surface area contributed by atoms with Crippen LogP contribution in [0.5, 0.6) is 0 Å². The summed E-state index contributed by atoms with van der Waals surface area (Å²) >= 11 is 9.30. The summed E-state index contributed by atoms with van der Waals surface area (Å²) in [5.74, 6) is 0.938. The summed E-state index contributed by atoms with van der Waals surface area (Å²) in [5.41, 5.74) is 1.02. The SMILES string of the molecule is CCCCC(CC)CC(S)C(=O)c1ccccc1C(=O)C(S)CC(CC)CCCC.OP. The van der Waals surface area contributed by atoms with Gasteiger partial charge in [-0.1, -0.05) is 103 Å². The molecule has 0 spiro atoms. The normalized spacial score (nSPS) is 14.6. The molecule has 0 aliphatic heterocycles. The van der Waals surface area contributed by atoms with Crippen molar-refractivity contribution < 1.29 is 14.5 Å². The van der Waals surface area contributed by atoms with Gasteiger partial charge < -0.3 is 4.89 Å². The number of Topliss-reactive ketones (excluding diaryl/α,β-unsaturated/α-hetero) is 2. The highest BCUT2D eigenvalue weighted by Crippen LogP contribution is 2.27. The van der Waals surface area contributed by atoms with Gasteiger partial charge in [-0.15, -0.1) is 0 Å². The molecule has 0 aliphatic rings. The molecule has 6 heteroatoms. The van der Waals surface area contributed by atoms with Crippen LogP contribution in [-0.2, 0) is 0 Å². The second-order valence-electron chi connectivity index (χ2n) is 8.61. The summed E-state index contributed by atoms with van der Waals surface area (Å²) in [4.78, 5) is 33.3. The van der Waals surface area contributed by atoms with Crippen LogP contribution in [0.25, 0.3) is 0 Å². The number of unbranched alkanes of at least 4 members (excludes halogenated alkanes) is 2. The van der Waals surface area contributed by atoms with Gasteiger partial charge in [-0.2, -0.15) is 25.3 Å². The average Bonchev–Trinajstić information content (AvgIpc) is 2.84. The molecule has 0 radical (unpaired) electrons. The van der Waals surface area contributed by atoms with Crippen LogP contribution in [0.3, 0.4) is 0 Å². The minimum Gasteiger partial charge on any atom is -0.380 e. The molecular weight excluding hydrogens is 455 g/mol. The van der Waals surface area contributed by atoms with E-state index in [4.69, 9.17) is 4.89 Å². The highest BCUT2D eigenvalue weighted by molar-refractivity contribution is 7.82. The van der Waals surface area contributed by atoms with E-state index in [2.05, 4.69) is 53.0 Å². The minimum atomic E-state index is -0.368. The molecular formula is C26H45O3PS2. The maximum absolute atomic E-state index is 13.2. The van der Waals surface area contributed by atoms with Crippen molar-refractivity contribution in [1.29, 1.82) is 0 Å². The monoisotopic (exact) mass is 500 g/mol. The van der Waals surface area contributed by atoms with Crippen molar-refractivity contribution in [3.8, 4) is 0 Å². The zero-order chi connectivity index (χ0) is 24.5. The lowest BCUT2D eigenvalue weighted by Gasteiger charge is -2.21. The molecule has 0 saturated heterocycles. The van der Waals surface area contributed by atoms with E-state index in [0.717, 1.165) is 38.5 Å². The lowest BCUT2D eigenvalue weighted by Crippen LogP contribution is -2.25. The first kappa shape index (κ1) is 31.6. The van der Waals surface area contributed by atoms with E-state index in [0.29, 0.717) is 23.0 Å². The molecule has 0 saturated carbocycles. The molecule has 0 heterocycles. The third-order valence-corrected chi connectivity index (χ3v) is 7.15. The summed E-state index contributed by atoms with van der Waals surface area (Å²) in [6, 6.07) is 7.23. The van der Waals surface area contributed by atoms with Crippen LogP contribution in [0, 0.1) is 11.8 Å². The van der Waals surface area contributed by atoms with E-state index >= 15 is 0 Å². The fraction of sp³-hybridized carbons (Fsp3) is 0.692. The van der Waals surface area contributed by atoms with Crippen molar-refractivity contribution >= 4 is 46.3 Å². The number of thiol groups is 2. The number of carbonyl (C=O) groups excluding carboxylic acids is 2. The van der Waals surface area contributed by atoms with Gasteiger partial charge in [0.15, 0.2) is 11.6 Å². The van der Waals surface area contributed by atoms with Crippen LogP contribution < -0.4 is 0 Å². The van der Waals surface area contributed by atoms with Gasteiger partial charge in [0.25, 0.3) is 0 Å². The Balaban J connectivity index is 0.00000466. The molecule has 0 aliphatic carbocycles. The molecule has 184 valence electrons. The van der Waals surface area contributed by atoms with Gasteiger partial charge >= 0.3 is 0 Å². The Morgan fingerprint density at radius 2 is 1.12 bits per heavy atom. The van der Waals surface area contributed by atoms with E-state index < -0.39 is 0 Å². The molecule has 0 aromatic heterocycles. The number of ketones is 2. The second-order valence-corrected chi connectivity index (χ2v) is 9.86. The Bertz CT molecular complexity index is 599. The molecule has 3 nitrogen and oxygen atoms in total. The Hall–Kier alpha value is -0.350. The first-order chi connectivity index (χ1) is 15.4. The molecule has 0 bridgehead atoms. The van der Waals surface area contributed by atoms with E-state index in [9.17, 15) is 9.59 Å². The van der Waals surface area contributed by atoms with Crippen LogP contribution in [0.2, 0.25) is 0 Å². The van der Waals surface area contributed by atoms with E-state index in [1.165, 1.54) is 35.2 Å². The van der Waals surface area contributed by atoms with Gasteiger partial charge in [0.1, 0.15) is 0 Å². The van der Waals surface area contributed by atoms with Crippen LogP contribution in [0.1, 0.15) is 113 Å². The quantitative estimate of drug-likeness (QED) is 0.124. The average molecular weight is 501 g/mol. The standard InChI is InChI=1S/C26H42O2S2.H3OP/c1-5-9-13-19(7-3)17-23(29)25(27)21-15-11-12-16-22(21)26(28)24(30)18-20(8-4)14-10-6-2;1-2/h11-12,15-16,19-20,23-24,29-30H,5-10,13-14,17-18H2,1-4H3;1H,2H2. The number of benzene rings is 1. The summed E-state index contributed by atoms with van der Waals surface area (Å²) < 4.78 is 0. The predicted molar refractivity (Wildman–Crippen MR) is 148 cm³/mol. The Labute approximate surface area is 210 Å². The Morgan fingerprint density at radius 3 is 1.41 bits per heavy atom. The van der Waals surface area contributed by atoms with E-state index in [1.54, 1.807) is 12.1 Å². The lowest BCUT2D eigenvalue weighted by atomic mass is 9.88. The summed E-state index contributed by atoms with van der Waals surface area (Å²) in [5, 5.41) is -0.737. The second kappa shape index (κ2) is 19.0. The molecule has 1 N–H and O–H groups in total. The summed E-state index contributed by atoms with van der Waals surface area (Å²) in [6.45, 7) is 8.74. The smallest absolute Gasteiger partial charge is 0.176 e. The first-order valence-corrected chi connectivity index (χ1v) is 13.7. The zero-order valence-electron chi connectivity index (χ0n) is 20.4. The first-order valence-electron chi connectivity index (χ1n) is 12.2. The highest BCUT2D eigenvalue weighted by atomic mass is 32.1. The fourth-order valence-corrected chi connectivity index (χ4v) is 4.95. The third-order valence-electron chi connectivity index (χ3n) is 6.26. The Morgan fingerprint density at radius 1 is 0.781 bits per heavy atom. The van der Waals surface area contributed by atoms with Gasteiger partial charge in [0.05, 0.1) is 10.5 Å². The number of carbonyl (C=O) groups is 2.